The first-order valence-corrected chi connectivity index (χ1v) is 9.22. The van der Waals surface area contributed by atoms with Gasteiger partial charge in [-0.15, -0.1) is 0 Å². The molecule has 4 aromatic rings. The lowest BCUT2D eigenvalue weighted by Crippen LogP contribution is -2.14. The molecule has 0 aliphatic rings. The van der Waals surface area contributed by atoms with Gasteiger partial charge in [-0.2, -0.15) is 5.26 Å². The van der Waals surface area contributed by atoms with Gasteiger partial charge in [0, 0.05) is 10.8 Å². The van der Waals surface area contributed by atoms with Crippen molar-refractivity contribution < 1.29 is 9.21 Å². The number of thioether (sulfide) groups is 1. The Hall–Kier alpha value is -3.37. The van der Waals surface area contributed by atoms with Crippen molar-refractivity contribution in [2.24, 2.45) is 0 Å². The van der Waals surface area contributed by atoms with Gasteiger partial charge in [0.05, 0.1) is 11.3 Å². The Balaban J connectivity index is 1.56. The standard InChI is InChI=1S/C20H14N4O2S/c1-12-22-15-8-4-2-6-13(15)20(23-12)27-11-18(25)24-19-14-7-3-5-9-16(14)26-17(19)10-21/h2-9H,11H2,1H3,(H,24,25). The fourth-order valence-corrected chi connectivity index (χ4v) is 3.69. The number of benzene rings is 2. The Labute approximate surface area is 159 Å². The second kappa shape index (κ2) is 7.09. The van der Waals surface area contributed by atoms with Gasteiger partial charge in [-0.1, -0.05) is 42.1 Å². The minimum atomic E-state index is -0.233. The first-order chi connectivity index (χ1) is 13.2. The summed E-state index contributed by atoms with van der Waals surface area (Å²) in [5.41, 5.74) is 1.82. The second-order valence-electron chi connectivity index (χ2n) is 5.84. The molecule has 0 unspecified atom stereocenters. The first kappa shape index (κ1) is 17.1. The number of nitrogens with zero attached hydrogens (tertiary/aromatic N) is 3. The van der Waals surface area contributed by atoms with Crippen LogP contribution < -0.4 is 5.32 Å². The fourth-order valence-electron chi connectivity index (χ4n) is 2.83. The second-order valence-corrected chi connectivity index (χ2v) is 6.81. The van der Waals surface area contributed by atoms with Crippen LogP contribution in [0.2, 0.25) is 0 Å². The number of anilines is 1. The van der Waals surface area contributed by atoms with E-state index in [2.05, 4.69) is 15.3 Å². The molecule has 1 amide bonds. The van der Waals surface area contributed by atoms with E-state index in [9.17, 15) is 10.1 Å². The van der Waals surface area contributed by atoms with E-state index < -0.39 is 0 Å². The highest BCUT2D eigenvalue weighted by Gasteiger charge is 2.17. The number of hydrogen-bond acceptors (Lipinski definition) is 6. The van der Waals surface area contributed by atoms with Crippen LogP contribution >= 0.6 is 11.8 Å². The van der Waals surface area contributed by atoms with Crippen LogP contribution in [-0.4, -0.2) is 21.6 Å². The van der Waals surface area contributed by atoms with Crippen LogP contribution in [0.3, 0.4) is 0 Å². The van der Waals surface area contributed by atoms with Crippen molar-refractivity contribution in [1.29, 1.82) is 5.26 Å². The smallest absolute Gasteiger partial charge is 0.234 e. The van der Waals surface area contributed by atoms with E-state index >= 15 is 0 Å². The zero-order valence-electron chi connectivity index (χ0n) is 14.4. The Morgan fingerprint density at radius 2 is 1.89 bits per heavy atom. The maximum atomic E-state index is 12.5. The van der Waals surface area contributed by atoms with E-state index in [0.717, 1.165) is 15.9 Å². The molecule has 6 nitrogen and oxygen atoms in total. The number of amides is 1. The number of para-hydroxylation sites is 2. The summed E-state index contributed by atoms with van der Waals surface area (Å²) in [5.74, 6) is 0.677. The van der Waals surface area contributed by atoms with Crippen molar-refractivity contribution in [3.8, 4) is 6.07 Å². The predicted octanol–water partition coefficient (Wildman–Crippen LogP) is 4.29. The van der Waals surface area contributed by atoms with E-state index in [1.54, 1.807) is 6.07 Å². The lowest BCUT2D eigenvalue weighted by Gasteiger charge is -2.07. The molecular weight excluding hydrogens is 360 g/mol. The Morgan fingerprint density at radius 3 is 2.70 bits per heavy atom. The van der Waals surface area contributed by atoms with Crippen molar-refractivity contribution in [3.05, 3.63) is 60.1 Å². The van der Waals surface area contributed by atoms with Gasteiger partial charge in [0.1, 0.15) is 28.2 Å². The normalized spacial score (nSPS) is 10.8. The van der Waals surface area contributed by atoms with Gasteiger partial charge in [0.2, 0.25) is 11.7 Å². The molecule has 2 aromatic heterocycles. The van der Waals surface area contributed by atoms with E-state index in [0.29, 0.717) is 22.5 Å². The van der Waals surface area contributed by atoms with Gasteiger partial charge in [-0.25, -0.2) is 9.97 Å². The molecule has 0 aliphatic carbocycles. The van der Waals surface area contributed by atoms with Crippen molar-refractivity contribution >= 4 is 45.2 Å². The maximum Gasteiger partial charge on any atom is 0.234 e. The molecule has 7 heteroatoms. The average molecular weight is 374 g/mol. The SMILES string of the molecule is Cc1nc(SCC(=O)Nc2c(C#N)oc3ccccc23)c2ccccc2n1. The molecular formula is C20H14N4O2S. The van der Waals surface area contributed by atoms with Gasteiger partial charge in [0.25, 0.3) is 0 Å². The van der Waals surface area contributed by atoms with Crippen molar-refractivity contribution in [2.45, 2.75) is 11.9 Å². The van der Waals surface area contributed by atoms with E-state index in [4.69, 9.17) is 4.42 Å². The summed E-state index contributed by atoms with van der Waals surface area (Å²) >= 11 is 1.34. The number of fused-ring (bicyclic) bond motifs is 2. The highest BCUT2D eigenvalue weighted by molar-refractivity contribution is 8.00. The lowest BCUT2D eigenvalue weighted by molar-refractivity contribution is -0.113. The van der Waals surface area contributed by atoms with Crippen LogP contribution in [0.15, 0.2) is 58.0 Å². The highest BCUT2D eigenvalue weighted by atomic mass is 32.2. The third kappa shape index (κ3) is 3.35. The van der Waals surface area contributed by atoms with Gasteiger partial charge in [-0.05, 0) is 25.1 Å². The molecule has 0 saturated carbocycles. The number of carbonyl (C=O) groups is 1. The number of carbonyl (C=O) groups excluding carboxylic acids is 1. The van der Waals surface area contributed by atoms with E-state index in [1.807, 2.05) is 55.5 Å². The summed E-state index contributed by atoms with van der Waals surface area (Å²) < 4.78 is 5.48. The molecule has 0 spiro atoms. The molecule has 132 valence electrons. The molecule has 2 heterocycles. The number of furan rings is 1. The number of aryl methyl sites for hydroxylation is 1. The van der Waals surface area contributed by atoms with Crippen molar-refractivity contribution in [1.82, 2.24) is 9.97 Å². The van der Waals surface area contributed by atoms with Crippen LogP contribution in [-0.2, 0) is 4.79 Å². The topological polar surface area (TPSA) is 91.8 Å². The average Bonchev–Trinajstić information content (AvgIpc) is 3.03. The Morgan fingerprint density at radius 1 is 1.15 bits per heavy atom. The lowest BCUT2D eigenvalue weighted by atomic mass is 10.2. The van der Waals surface area contributed by atoms with Crippen LogP contribution in [0.5, 0.6) is 0 Å². The number of nitrogens with one attached hydrogen (secondary N) is 1. The number of aromatic nitrogens is 2. The molecule has 4 rings (SSSR count). The van der Waals surface area contributed by atoms with E-state index in [1.165, 1.54) is 11.8 Å². The predicted molar refractivity (Wildman–Crippen MR) is 105 cm³/mol. The monoisotopic (exact) mass is 374 g/mol. The first-order valence-electron chi connectivity index (χ1n) is 8.23. The van der Waals surface area contributed by atoms with Gasteiger partial charge in [-0.3, -0.25) is 4.79 Å². The molecule has 27 heavy (non-hydrogen) atoms. The minimum Gasteiger partial charge on any atom is -0.443 e. The summed E-state index contributed by atoms with van der Waals surface area (Å²) in [4.78, 5) is 21.4. The molecule has 2 aromatic carbocycles. The fraction of sp³-hybridized carbons (Fsp3) is 0.100. The highest BCUT2D eigenvalue weighted by Crippen LogP contribution is 2.31. The van der Waals surface area contributed by atoms with Crippen molar-refractivity contribution in [2.75, 3.05) is 11.1 Å². The number of nitriles is 1. The summed E-state index contributed by atoms with van der Waals surface area (Å²) in [5, 5.41) is 14.4. The van der Waals surface area contributed by atoms with Gasteiger partial charge in [0.15, 0.2) is 0 Å². The maximum absolute atomic E-state index is 12.5. The molecule has 0 aliphatic heterocycles. The van der Waals surface area contributed by atoms with Crippen LogP contribution in [0.1, 0.15) is 11.6 Å². The molecule has 0 atom stereocenters. The number of hydrogen-bond donors (Lipinski definition) is 1. The largest absolute Gasteiger partial charge is 0.443 e. The molecule has 0 saturated heterocycles. The third-order valence-electron chi connectivity index (χ3n) is 3.98. The van der Waals surface area contributed by atoms with Crippen molar-refractivity contribution in [3.63, 3.8) is 0 Å². The third-order valence-corrected chi connectivity index (χ3v) is 4.97. The zero-order chi connectivity index (χ0) is 18.8. The van der Waals surface area contributed by atoms with Gasteiger partial charge >= 0.3 is 0 Å². The molecule has 0 radical (unpaired) electrons. The van der Waals surface area contributed by atoms with Gasteiger partial charge < -0.3 is 9.73 Å². The van der Waals surface area contributed by atoms with Crippen LogP contribution in [0.4, 0.5) is 5.69 Å². The summed E-state index contributed by atoms with van der Waals surface area (Å²) in [6, 6.07) is 16.9. The van der Waals surface area contributed by atoms with E-state index in [-0.39, 0.29) is 17.4 Å². The van der Waals surface area contributed by atoms with Crippen LogP contribution in [0.25, 0.3) is 21.9 Å². The minimum absolute atomic E-state index is 0.0953. The summed E-state index contributed by atoms with van der Waals surface area (Å²) in [6.07, 6.45) is 0. The molecule has 1 N–H and O–H groups in total. The summed E-state index contributed by atoms with van der Waals surface area (Å²) in [6.45, 7) is 1.83. The number of rotatable bonds is 4. The molecule has 0 bridgehead atoms. The Bertz CT molecular complexity index is 1210. The molecule has 0 fully saturated rings. The van der Waals surface area contributed by atoms with Crippen LogP contribution in [0, 0.1) is 18.3 Å². The quantitative estimate of drug-likeness (QED) is 0.423. The zero-order valence-corrected chi connectivity index (χ0v) is 15.2. The Kier molecular flexibility index (Phi) is 4.48. The summed E-state index contributed by atoms with van der Waals surface area (Å²) in [7, 11) is 0.